The Hall–Kier alpha value is 0.137. The lowest BCUT2D eigenvalue weighted by molar-refractivity contribution is 0.126. The van der Waals surface area contributed by atoms with Crippen molar-refractivity contribution >= 4 is 8.32 Å². The summed E-state index contributed by atoms with van der Waals surface area (Å²) in [4.78, 5) is 0. The van der Waals surface area contributed by atoms with Crippen molar-refractivity contribution in [2.75, 3.05) is 13.2 Å². The van der Waals surface area contributed by atoms with Crippen molar-refractivity contribution in [1.29, 1.82) is 0 Å². The van der Waals surface area contributed by atoms with E-state index in [1.54, 1.807) is 0 Å². The summed E-state index contributed by atoms with van der Waals surface area (Å²) in [6.07, 6.45) is 3.52. The first-order chi connectivity index (χ1) is 8.15. The van der Waals surface area contributed by atoms with E-state index in [-0.39, 0.29) is 5.04 Å². The second kappa shape index (κ2) is 7.66. The highest BCUT2D eigenvalue weighted by Crippen LogP contribution is 2.37. The average Bonchev–Trinajstić information content (AvgIpc) is 2.26. The first-order valence-corrected chi connectivity index (χ1v) is 10.3. The van der Waals surface area contributed by atoms with Crippen LogP contribution in [0.25, 0.3) is 0 Å². The largest absolute Gasteiger partial charge is 0.417 e. The SMILES string of the molecule is CCCCC(CO)C(C)CO[Si](C)(C)C(C)(C)C. The molecule has 0 aliphatic carbocycles. The van der Waals surface area contributed by atoms with Gasteiger partial charge in [-0.2, -0.15) is 0 Å². The van der Waals surface area contributed by atoms with Gasteiger partial charge in [0.15, 0.2) is 8.32 Å². The van der Waals surface area contributed by atoms with Gasteiger partial charge >= 0.3 is 0 Å². The zero-order valence-electron chi connectivity index (χ0n) is 13.5. The molecule has 2 unspecified atom stereocenters. The molecule has 0 saturated heterocycles. The fourth-order valence-electron chi connectivity index (χ4n) is 1.71. The van der Waals surface area contributed by atoms with Crippen molar-refractivity contribution in [3.8, 4) is 0 Å². The molecule has 110 valence electrons. The van der Waals surface area contributed by atoms with E-state index < -0.39 is 8.32 Å². The molecule has 0 amide bonds. The van der Waals surface area contributed by atoms with Gasteiger partial charge in [0.2, 0.25) is 0 Å². The van der Waals surface area contributed by atoms with Crippen LogP contribution >= 0.6 is 0 Å². The molecule has 0 rings (SSSR count). The molecule has 2 nitrogen and oxygen atoms in total. The summed E-state index contributed by atoms with van der Waals surface area (Å²) < 4.78 is 6.25. The quantitative estimate of drug-likeness (QED) is 0.663. The van der Waals surface area contributed by atoms with Crippen molar-refractivity contribution < 1.29 is 9.53 Å². The summed E-state index contributed by atoms with van der Waals surface area (Å²) in [5, 5.41) is 9.74. The van der Waals surface area contributed by atoms with Crippen LogP contribution in [0.3, 0.4) is 0 Å². The smallest absolute Gasteiger partial charge is 0.191 e. The van der Waals surface area contributed by atoms with Crippen molar-refractivity contribution in [3.63, 3.8) is 0 Å². The van der Waals surface area contributed by atoms with Crippen LogP contribution in [0.1, 0.15) is 53.9 Å². The summed E-state index contributed by atoms with van der Waals surface area (Å²) in [5.74, 6) is 0.852. The predicted molar refractivity (Wildman–Crippen MR) is 82.4 cm³/mol. The number of unbranched alkanes of at least 4 members (excludes halogenated alkanes) is 1. The molecule has 2 atom stereocenters. The summed E-state index contributed by atoms with van der Waals surface area (Å²) in [5.41, 5.74) is 0. The van der Waals surface area contributed by atoms with Crippen LogP contribution in [0.5, 0.6) is 0 Å². The van der Waals surface area contributed by atoms with E-state index in [0.29, 0.717) is 18.4 Å². The maximum Gasteiger partial charge on any atom is 0.191 e. The molecule has 0 aliphatic heterocycles. The third-order valence-electron chi connectivity index (χ3n) is 4.48. The molecule has 0 aromatic carbocycles. The summed E-state index contributed by atoms with van der Waals surface area (Å²) >= 11 is 0. The van der Waals surface area contributed by atoms with E-state index in [9.17, 15) is 5.11 Å². The molecule has 0 radical (unpaired) electrons. The summed E-state index contributed by atoms with van der Waals surface area (Å²) in [7, 11) is -1.64. The lowest BCUT2D eigenvalue weighted by atomic mass is 9.91. The fraction of sp³-hybridized carbons (Fsp3) is 1.00. The number of rotatable bonds is 8. The third-order valence-corrected chi connectivity index (χ3v) is 8.98. The van der Waals surface area contributed by atoms with Crippen molar-refractivity contribution in [2.24, 2.45) is 11.8 Å². The minimum absolute atomic E-state index is 0.269. The van der Waals surface area contributed by atoms with Gasteiger partial charge in [0.1, 0.15) is 0 Å². The highest BCUT2D eigenvalue weighted by atomic mass is 28.4. The molecule has 0 saturated carbocycles. The monoisotopic (exact) mass is 274 g/mol. The summed E-state index contributed by atoms with van der Waals surface area (Å²) in [6.45, 7) is 16.9. The minimum atomic E-state index is -1.64. The Labute approximate surface area is 115 Å². The molecule has 0 aromatic rings. The molecule has 0 heterocycles. The number of aliphatic hydroxyl groups is 1. The molecule has 0 aliphatic rings. The van der Waals surface area contributed by atoms with Crippen LogP contribution in [0.4, 0.5) is 0 Å². The van der Waals surface area contributed by atoms with Gasteiger partial charge in [0, 0.05) is 13.2 Å². The number of hydrogen-bond donors (Lipinski definition) is 1. The highest BCUT2D eigenvalue weighted by Gasteiger charge is 2.37. The molecular weight excluding hydrogens is 240 g/mol. The molecule has 0 fully saturated rings. The van der Waals surface area contributed by atoms with E-state index in [1.165, 1.54) is 12.8 Å². The van der Waals surface area contributed by atoms with Gasteiger partial charge in [-0.15, -0.1) is 0 Å². The van der Waals surface area contributed by atoms with Gasteiger partial charge in [-0.05, 0) is 36.4 Å². The molecule has 3 heteroatoms. The van der Waals surface area contributed by atoms with Gasteiger partial charge in [0.05, 0.1) is 0 Å². The lowest BCUT2D eigenvalue weighted by Crippen LogP contribution is -2.42. The standard InChI is InChI=1S/C15H34O2Si/c1-8-9-10-14(11-16)13(2)12-17-18(6,7)15(3,4)5/h13-14,16H,8-12H2,1-7H3. The van der Waals surface area contributed by atoms with Crippen LogP contribution in [0.15, 0.2) is 0 Å². The van der Waals surface area contributed by atoms with Crippen molar-refractivity contribution in [1.82, 2.24) is 0 Å². The van der Waals surface area contributed by atoms with E-state index in [4.69, 9.17) is 4.43 Å². The average molecular weight is 275 g/mol. The molecule has 0 aromatic heterocycles. The molecule has 0 bridgehead atoms. The maximum absolute atomic E-state index is 9.47. The van der Waals surface area contributed by atoms with Crippen LogP contribution < -0.4 is 0 Å². The number of aliphatic hydroxyl groups excluding tert-OH is 1. The minimum Gasteiger partial charge on any atom is -0.417 e. The zero-order chi connectivity index (χ0) is 14.4. The Kier molecular flexibility index (Phi) is 7.72. The van der Waals surface area contributed by atoms with E-state index >= 15 is 0 Å². The van der Waals surface area contributed by atoms with Gasteiger partial charge in [-0.3, -0.25) is 0 Å². The van der Waals surface area contributed by atoms with E-state index in [0.717, 1.165) is 13.0 Å². The van der Waals surface area contributed by atoms with Gasteiger partial charge in [-0.25, -0.2) is 0 Å². The topological polar surface area (TPSA) is 29.5 Å². The highest BCUT2D eigenvalue weighted by molar-refractivity contribution is 6.74. The molecule has 18 heavy (non-hydrogen) atoms. The predicted octanol–water partition coefficient (Wildman–Crippen LogP) is 4.44. The third kappa shape index (κ3) is 5.85. The van der Waals surface area contributed by atoms with E-state index in [2.05, 4.69) is 47.7 Å². The number of hydrogen-bond acceptors (Lipinski definition) is 2. The fourth-order valence-corrected chi connectivity index (χ4v) is 2.83. The normalized spacial score (nSPS) is 16.7. The van der Waals surface area contributed by atoms with Gasteiger partial charge < -0.3 is 9.53 Å². The first-order valence-electron chi connectivity index (χ1n) is 7.40. The second-order valence-electron chi connectivity index (χ2n) is 7.13. The molecular formula is C15H34O2Si. The molecule has 0 spiro atoms. The van der Waals surface area contributed by atoms with Crippen LogP contribution in [-0.2, 0) is 4.43 Å². The van der Waals surface area contributed by atoms with Crippen LogP contribution in [0.2, 0.25) is 18.1 Å². The zero-order valence-corrected chi connectivity index (χ0v) is 14.5. The lowest BCUT2D eigenvalue weighted by Gasteiger charge is -2.37. The Morgan fingerprint density at radius 2 is 1.78 bits per heavy atom. The second-order valence-corrected chi connectivity index (χ2v) is 11.9. The van der Waals surface area contributed by atoms with Crippen molar-refractivity contribution in [3.05, 3.63) is 0 Å². The Balaban J connectivity index is 4.26. The van der Waals surface area contributed by atoms with Gasteiger partial charge in [-0.1, -0.05) is 47.5 Å². The molecule has 1 N–H and O–H groups in total. The van der Waals surface area contributed by atoms with Crippen LogP contribution in [0, 0.1) is 11.8 Å². The van der Waals surface area contributed by atoms with Crippen molar-refractivity contribution in [2.45, 2.75) is 72.0 Å². The Bertz CT molecular complexity index is 221. The summed E-state index contributed by atoms with van der Waals surface area (Å²) in [6, 6.07) is 0. The van der Waals surface area contributed by atoms with Crippen LogP contribution in [-0.4, -0.2) is 26.6 Å². The van der Waals surface area contributed by atoms with Gasteiger partial charge in [0.25, 0.3) is 0 Å². The van der Waals surface area contributed by atoms with E-state index in [1.807, 2.05) is 0 Å². The Morgan fingerprint density at radius 3 is 2.17 bits per heavy atom. The first kappa shape index (κ1) is 18.1. The Morgan fingerprint density at radius 1 is 1.22 bits per heavy atom. The maximum atomic E-state index is 9.47.